The van der Waals surface area contributed by atoms with Crippen LogP contribution in [-0.2, 0) is 17.6 Å². The lowest BCUT2D eigenvalue weighted by atomic mass is 9.72. The topological polar surface area (TPSA) is 52.9 Å². The molecule has 114 valence electrons. The summed E-state index contributed by atoms with van der Waals surface area (Å²) in [5.74, 6) is 0.105. The van der Waals surface area contributed by atoms with Gasteiger partial charge in [-0.15, -0.1) is 11.3 Å². The van der Waals surface area contributed by atoms with Crippen molar-refractivity contribution < 1.29 is 4.79 Å². The molecule has 1 N–H and O–H groups in total. The number of rotatable bonds is 2. The van der Waals surface area contributed by atoms with Crippen LogP contribution in [0.2, 0.25) is 0 Å². The molecule has 2 rings (SSSR count). The zero-order chi connectivity index (χ0) is 15.8. The molecule has 0 fully saturated rings. The average molecular weight is 345 g/mol. The molecule has 1 unspecified atom stereocenters. The molecule has 0 saturated carbocycles. The fraction of sp³-hybridized carbons (Fsp3) is 0.600. The summed E-state index contributed by atoms with van der Waals surface area (Å²) in [5.41, 5.74) is 1.90. The third-order valence-electron chi connectivity index (χ3n) is 4.04. The highest BCUT2D eigenvalue weighted by Crippen LogP contribution is 2.44. The first-order valence-corrected chi connectivity index (χ1v) is 8.56. The summed E-state index contributed by atoms with van der Waals surface area (Å²) < 4.78 is 0. The van der Waals surface area contributed by atoms with Gasteiger partial charge in [0.25, 0.3) is 5.91 Å². The Balaban J connectivity index is 2.30. The molecule has 21 heavy (non-hydrogen) atoms. The number of carbonyl (C=O) groups is 1. The predicted octanol–water partition coefficient (Wildman–Crippen LogP) is 4.51. The van der Waals surface area contributed by atoms with Crippen LogP contribution < -0.4 is 5.32 Å². The van der Waals surface area contributed by atoms with Gasteiger partial charge in [0.2, 0.25) is 0 Å². The van der Waals surface area contributed by atoms with E-state index >= 15 is 0 Å². The van der Waals surface area contributed by atoms with Crippen LogP contribution in [-0.4, -0.2) is 10.7 Å². The third-order valence-corrected chi connectivity index (χ3v) is 5.60. The highest BCUT2D eigenvalue weighted by Gasteiger charge is 2.32. The molecule has 1 aromatic heterocycles. The van der Waals surface area contributed by atoms with E-state index in [1.165, 1.54) is 16.2 Å². The van der Waals surface area contributed by atoms with Gasteiger partial charge in [-0.2, -0.15) is 5.26 Å². The first kappa shape index (κ1) is 16.6. The summed E-state index contributed by atoms with van der Waals surface area (Å²) in [5, 5.41) is 12.6. The Hall–Kier alpha value is -0.760. The van der Waals surface area contributed by atoms with Crippen molar-refractivity contribution in [3.63, 3.8) is 0 Å². The summed E-state index contributed by atoms with van der Waals surface area (Å²) in [7, 11) is 0. The fourth-order valence-corrected chi connectivity index (χ4v) is 4.09. The van der Waals surface area contributed by atoms with Crippen molar-refractivity contribution in [2.75, 3.05) is 5.32 Å². The molecule has 1 aliphatic rings. The van der Waals surface area contributed by atoms with Crippen molar-refractivity contribution in [1.82, 2.24) is 0 Å². The molecule has 0 aliphatic heterocycles. The molecule has 0 bridgehead atoms. The normalized spacial score (nSPS) is 18.2. The van der Waals surface area contributed by atoms with Crippen molar-refractivity contribution in [2.45, 2.75) is 44.9 Å². The summed E-state index contributed by atoms with van der Waals surface area (Å²) in [6.45, 7) is 6.74. The Morgan fingerprint density at radius 2 is 2.14 bits per heavy atom. The van der Waals surface area contributed by atoms with Crippen LogP contribution in [0, 0.1) is 22.7 Å². The average Bonchev–Trinajstić information content (AvgIpc) is 2.73. The molecule has 0 radical (unpaired) electrons. The van der Waals surface area contributed by atoms with Crippen LogP contribution in [0.1, 0.15) is 43.2 Å². The van der Waals surface area contributed by atoms with Gasteiger partial charge in [0, 0.05) is 4.88 Å². The molecule has 1 atom stereocenters. The lowest BCUT2D eigenvalue weighted by Gasteiger charge is -2.33. The van der Waals surface area contributed by atoms with E-state index in [0.717, 1.165) is 24.8 Å². The van der Waals surface area contributed by atoms with Gasteiger partial charge in [0.05, 0.1) is 5.56 Å². The molecule has 0 saturated heterocycles. The number of nitriles is 1. The molecule has 6 heteroatoms. The second-order valence-corrected chi connectivity index (χ2v) is 8.62. The SMILES string of the molecule is CC(C)(C)C1CCc2c(sc(NC(=O)C(Cl)Cl)c2C#N)C1. The zero-order valence-corrected chi connectivity index (χ0v) is 14.6. The Morgan fingerprint density at radius 1 is 1.48 bits per heavy atom. The molecular formula is C15H18Cl2N2OS. The molecule has 1 aromatic rings. The quantitative estimate of drug-likeness (QED) is 0.802. The molecular weight excluding hydrogens is 327 g/mol. The number of carbonyl (C=O) groups excluding carboxylic acids is 1. The van der Waals surface area contributed by atoms with Crippen LogP contribution in [0.3, 0.4) is 0 Å². The maximum Gasteiger partial charge on any atom is 0.258 e. The van der Waals surface area contributed by atoms with E-state index in [1.54, 1.807) is 0 Å². The number of amides is 1. The van der Waals surface area contributed by atoms with Gasteiger partial charge >= 0.3 is 0 Å². The standard InChI is InChI=1S/C15H18Cl2N2OS/c1-15(2,3)8-4-5-9-10(7-18)14(21-11(9)6-8)19-13(20)12(16)17/h8,12H,4-6H2,1-3H3,(H,19,20). The number of alkyl halides is 2. The maximum absolute atomic E-state index is 11.6. The summed E-state index contributed by atoms with van der Waals surface area (Å²) >= 11 is 12.6. The van der Waals surface area contributed by atoms with E-state index < -0.39 is 10.7 Å². The van der Waals surface area contributed by atoms with Crippen molar-refractivity contribution >= 4 is 45.4 Å². The molecule has 0 aromatic carbocycles. The van der Waals surface area contributed by atoms with Gasteiger partial charge in [-0.05, 0) is 36.2 Å². The first-order chi connectivity index (χ1) is 9.74. The minimum Gasteiger partial charge on any atom is -0.314 e. The molecule has 0 spiro atoms. The minimum absolute atomic E-state index is 0.245. The molecule has 1 amide bonds. The smallest absolute Gasteiger partial charge is 0.258 e. The van der Waals surface area contributed by atoms with Gasteiger partial charge in [-0.25, -0.2) is 0 Å². The number of anilines is 1. The largest absolute Gasteiger partial charge is 0.314 e. The number of hydrogen-bond donors (Lipinski definition) is 1. The Bertz CT molecular complexity index is 596. The van der Waals surface area contributed by atoms with E-state index in [9.17, 15) is 10.1 Å². The van der Waals surface area contributed by atoms with Gasteiger partial charge in [-0.3, -0.25) is 4.79 Å². The van der Waals surface area contributed by atoms with E-state index in [0.29, 0.717) is 16.5 Å². The fourth-order valence-electron chi connectivity index (χ4n) is 2.70. The Labute approximate surface area is 139 Å². The van der Waals surface area contributed by atoms with Crippen LogP contribution in [0.5, 0.6) is 0 Å². The second kappa shape index (κ2) is 6.16. The second-order valence-electron chi connectivity index (χ2n) is 6.42. The van der Waals surface area contributed by atoms with Crippen molar-refractivity contribution in [2.24, 2.45) is 11.3 Å². The number of nitrogens with one attached hydrogen (secondary N) is 1. The number of hydrogen-bond acceptors (Lipinski definition) is 3. The van der Waals surface area contributed by atoms with E-state index in [1.807, 2.05) is 0 Å². The molecule has 1 aliphatic carbocycles. The third kappa shape index (κ3) is 3.53. The zero-order valence-electron chi connectivity index (χ0n) is 12.3. The van der Waals surface area contributed by atoms with Gasteiger partial charge in [-0.1, -0.05) is 44.0 Å². The highest BCUT2D eigenvalue weighted by atomic mass is 35.5. The Kier molecular flexibility index (Phi) is 4.87. The predicted molar refractivity (Wildman–Crippen MR) is 88.1 cm³/mol. The van der Waals surface area contributed by atoms with Crippen molar-refractivity contribution in [1.29, 1.82) is 5.26 Å². The molecule has 3 nitrogen and oxygen atoms in total. The van der Waals surface area contributed by atoms with Gasteiger partial charge < -0.3 is 5.32 Å². The van der Waals surface area contributed by atoms with Crippen molar-refractivity contribution in [3.05, 3.63) is 16.0 Å². The summed E-state index contributed by atoms with van der Waals surface area (Å²) in [4.78, 5) is 11.7. The van der Waals surface area contributed by atoms with E-state index in [2.05, 4.69) is 32.2 Å². The van der Waals surface area contributed by atoms with Gasteiger partial charge in [0.15, 0.2) is 4.84 Å². The molecule has 1 heterocycles. The van der Waals surface area contributed by atoms with E-state index in [4.69, 9.17) is 23.2 Å². The lowest BCUT2D eigenvalue weighted by molar-refractivity contribution is -0.114. The number of thiophene rings is 1. The monoisotopic (exact) mass is 344 g/mol. The summed E-state index contributed by atoms with van der Waals surface area (Å²) in [6, 6.07) is 2.21. The van der Waals surface area contributed by atoms with E-state index in [-0.39, 0.29) is 5.41 Å². The number of nitrogens with zero attached hydrogens (tertiary/aromatic N) is 1. The maximum atomic E-state index is 11.6. The highest BCUT2D eigenvalue weighted by molar-refractivity contribution is 7.16. The van der Waals surface area contributed by atoms with Crippen LogP contribution >= 0.6 is 34.5 Å². The summed E-state index contributed by atoms with van der Waals surface area (Å²) in [6.07, 6.45) is 2.92. The number of fused-ring (bicyclic) bond motifs is 1. The first-order valence-electron chi connectivity index (χ1n) is 6.87. The lowest BCUT2D eigenvalue weighted by Crippen LogP contribution is -2.26. The van der Waals surface area contributed by atoms with Crippen LogP contribution in [0.25, 0.3) is 0 Å². The van der Waals surface area contributed by atoms with Crippen LogP contribution in [0.4, 0.5) is 5.00 Å². The van der Waals surface area contributed by atoms with Gasteiger partial charge in [0.1, 0.15) is 11.1 Å². The van der Waals surface area contributed by atoms with Crippen molar-refractivity contribution in [3.8, 4) is 6.07 Å². The van der Waals surface area contributed by atoms with Crippen LogP contribution in [0.15, 0.2) is 0 Å². The minimum atomic E-state index is -1.13. The Morgan fingerprint density at radius 3 is 2.67 bits per heavy atom. The number of halogens is 2.